The molecule has 0 aliphatic rings. The van der Waals surface area contributed by atoms with Crippen molar-refractivity contribution in [3.8, 4) is 5.75 Å². The first-order chi connectivity index (χ1) is 20.2. The number of anilines is 1. The van der Waals surface area contributed by atoms with E-state index in [0.29, 0.717) is 18.0 Å². The summed E-state index contributed by atoms with van der Waals surface area (Å²) in [6.45, 7) is 2.40. The van der Waals surface area contributed by atoms with Crippen molar-refractivity contribution in [2.45, 2.75) is 51.6 Å². The van der Waals surface area contributed by atoms with Crippen LogP contribution >= 0.6 is 0 Å². The third kappa shape index (κ3) is 9.30. The number of hydrogen-bond donors (Lipinski definition) is 1. The van der Waals surface area contributed by atoms with Gasteiger partial charge in [-0.25, -0.2) is 12.8 Å². The minimum atomic E-state index is -3.69. The molecule has 0 fully saturated rings. The Labute approximate surface area is 248 Å². The molecule has 2 amide bonds. The molecular weight excluding hydrogens is 557 g/mol. The Morgan fingerprint density at radius 1 is 0.952 bits per heavy atom. The van der Waals surface area contributed by atoms with Crippen LogP contribution in [0, 0.1) is 5.82 Å². The topological polar surface area (TPSA) is 96.0 Å². The summed E-state index contributed by atoms with van der Waals surface area (Å²) in [5.41, 5.74) is 1.52. The molecule has 3 aromatic carbocycles. The van der Waals surface area contributed by atoms with Gasteiger partial charge < -0.3 is 15.0 Å². The molecule has 3 rings (SSSR count). The number of sulfonamides is 1. The zero-order valence-electron chi connectivity index (χ0n) is 24.5. The summed E-state index contributed by atoms with van der Waals surface area (Å²) < 4.78 is 46.7. The van der Waals surface area contributed by atoms with Crippen LogP contribution < -0.4 is 14.4 Å². The average Bonchev–Trinajstić information content (AvgIpc) is 2.98. The highest BCUT2D eigenvalue weighted by molar-refractivity contribution is 7.92. The van der Waals surface area contributed by atoms with E-state index in [0.717, 1.165) is 24.7 Å². The van der Waals surface area contributed by atoms with Crippen molar-refractivity contribution < 1.29 is 27.1 Å². The van der Waals surface area contributed by atoms with E-state index in [1.807, 2.05) is 37.3 Å². The van der Waals surface area contributed by atoms with E-state index in [1.54, 1.807) is 42.5 Å². The van der Waals surface area contributed by atoms with Gasteiger partial charge in [0.1, 0.15) is 17.6 Å². The second kappa shape index (κ2) is 15.9. The molecule has 0 aliphatic carbocycles. The molecule has 0 bridgehead atoms. The quantitative estimate of drug-likeness (QED) is 0.236. The molecular formula is C32H40FN3O5S. The number of carbonyl (C=O) groups excluding carboxylic acids is 2. The molecule has 0 aliphatic heterocycles. The molecule has 10 heteroatoms. The predicted molar refractivity (Wildman–Crippen MR) is 163 cm³/mol. The standard InChI is InChI=1S/C32H40FN3O5S/c1-4-5-21-34-32(38)29(23-25-14-7-6-8-15-25)35(24-26-16-9-10-17-27(26)33)31(37)20-13-22-36(42(3,39)40)28-18-11-12-19-30(28)41-2/h6-12,14-19,29H,4-5,13,20-24H2,1-3H3,(H,34,38)/t29-/m1/s1. The van der Waals surface area contributed by atoms with Crippen molar-refractivity contribution in [3.63, 3.8) is 0 Å². The zero-order valence-corrected chi connectivity index (χ0v) is 25.3. The zero-order chi connectivity index (χ0) is 30.5. The van der Waals surface area contributed by atoms with Crippen molar-refractivity contribution in [2.24, 2.45) is 0 Å². The molecule has 0 heterocycles. The predicted octanol–water partition coefficient (Wildman–Crippen LogP) is 4.94. The lowest BCUT2D eigenvalue weighted by Crippen LogP contribution is -2.50. The molecule has 0 aromatic heterocycles. The Morgan fingerprint density at radius 2 is 1.62 bits per heavy atom. The van der Waals surface area contributed by atoms with Gasteiger partial charge in [-0.1, -0.05) is 74.0 Å². The number of rotatable bonds is 16. The van der Waals surface area contributed by atoms with Gasteiger partial charge >= 0.3 is 0 Å². The van der Waals surface area contributed by atoms with Gasteiger partial charge in [-0.2, -0.15) is 0 Å². The fraction of sp³-hybridized carbons (Fsp3) is 0.375. The average molecular weight is 598 g/mol. The Bertz CT molecular complexity index is 1420. The van der Waals surface area contributed by atoms with E-state index < -0.39 is 21.9 Å². The molecule has 8 nitrogen and oxygen atoms in total. The fourth-order valence-electron chi connectivity index (χ4n) is 4.69. The van der Waals surface area contributed by atoms with Crippen molar-refractivity contribution in [1.29, 1.82) is 0 Å². The third-order valence-corrected chi connectivity index (χ3v) is 8.09. The Morgan fingerprint density at radius 3 is 2.29 bits per heavy atom. The highest BCUT2D eigenvalue weighted by atomic mass is 32.2. The number of para-hydroxylation sites is 2. The van der Waals surface area contributed by atoms with Crippen LogP contribution in [0.1, 0.15) is 43.7 Å². The summed E-state index contributed by atoms with van der Waals surface area (Å²) in [5, 5.41) is 2.94. The number of benzene rings is 3. The van der Waals surface area contributed by atoms with Crippen molar-refractivity contribution in [1.82, 2.24) is 10.2 Å². The van der Waals surface area contributed by atoms with E-state index >= 15 is 0 Å². The molecule has 0 spiro atoms. The highest BCUT2D eigenvalue weighted by Crippen LogP contribution is 2.30. The van der Waals surface area contributed by atoms with Crippen LogP contribution in [0.3, 0.4) is 0 Å². The number of halogens is 1. The van der Waals surface area contributed by atoms with Gasteiger partial charge in [0.05, 0.1) is 19.1 Å². The smallest absolute Gasteiger partial charge is 0.243 e. The maximum absolute atomic E-state index is 14.8. The largest absolute Gasteiger partial charge is 0.495 e. The first kappa shape index (κ1) is 32.6. The normalized spacial score (nSPS) is 11.9. The van der Waals surface area contributed by atoms with Crippen LogP contribution in [0.5, 0.6) is 5.75 Å². The molecule has 42 heavy (non-hydrogen) atoms. The summed E-state index contributed by atoms with van der Waals surface area (Å²) in [7, 11) is -2.23. The van der Waals surface area contributed by atoms with Crippen LogP contribution in [0.15, 0.2) is 78.9 Å². The van der Waals surface area contributed by atoms with Crippen molar-refractivity contribution >= 4 is 27.5 Å². The van der Waals surface area contributed by atoms with Crippen LogP contribution in [-0.4, -0.2) is 57.6 Å². The van der Waals surface area contributed by atoms with Crippen LogP contribution in [-0.2, 0) is 32.6 Å². The molecule has 0 saturated carbocycles. The van der Waals surface area contributed by atoms with E-state index in [1.165, 1.54) is 22.4 Å². The number of nitrogens with one attached hydrogen (secondary N) is 1. The minimum absolute atomic E-state index is 0.0184. The first-order valence-electron chi connectivity index (χ1n) is 14.1. The second-order valence-corrected chi connectivity index (χ2v) is 12.0. The summed E-state index contributed by atoms with van der Waals surface area (Å²) in [4.78, 5) is 28.8. The molecule has 3 aromatic rings. The van der Waals surface area contributed by atoms with Gasteiger partial charge in [0.2, 0.25) is 21.8 Å². The van der Waals surface area contributed by atoms with E-state index in [4.69, 9.17) is 4.74 Å². The van der Waals surface area contributed by atoms with Gasteiger partial charge in [-0.15, -0.1) is 0 Å². The number of methoxy groups -OCH3 is 1. The van der Waals surface area contributed by atoms with Gasteiger partial charge in [0, 0.05) is 38.0 Å². The molecule has 0 unspecified atom stereocenters. The minimum Gasteiger partial charge on any atom is -0.495 e. The summed E-state index contributed by atoms with van der Waals surface area (Å²) in [6.07, 6.45) is 3.15. The van der Waals surface area contributed by atoms with Gasteiger partial charge in [0.25, 0.3) is 0 Å². The second-order valence-electron chi connectivity index (χ2n) is 10.1. The molecule has 0 saturated heterocycles. The molecule has 1 atom stereocenters. The fourth-order valence-corrected chi connectivity index (χ4v) is 5.66. The summed E-state index contributed by atoms with van der Waals surface area (Å²) in [5.74, 6) is -0.774. The lowest BCUT2D eigenvalue weighted by Gasteiger charge is -2.32. The maximum Gasteiger partial charge on any atom is 0.243 e. The lowest BCUT2D eigenvalue weighted by molar-refractivity contribution is -0.141. The first-order valence-corrected chi connectivity index (χ1v) is 16.0. The monoisotopic (exact) mass is 597 g/mol. The number of amides is 2. The summed E-state index contributed by atoms with van der Waals surface area (Å²) in [6, 6.07) is 21.4. The Balaban J connectivity index is 1.89. The van der Waals surface area contributed by atoms with E-state index in [-0.39, 0.29) is 49.7 Å². The number of ether oxygens (including phenoxy) is 1. The Kier molecular flexibility index (Phi) is 12.3. The van der Waals surface area contributed by atoms with Crippen molar-refractivity contribution in [2.75, 3.05) is 30.8 Å². The SMILES string of the molecule is CCCCNC(=O)[C@@H](Cc1ccccc1)N(Cc1ccccc1F)C(=O)CCCN(c1ccccc1OC)S(C)(=O)=O. The highest BCUT2D eigenvalue weighted by Gasteiger charge is 2.31. The number of carbonyl (C=O) groups is 2. The third-order valence-electron chi connectivity index (χ3n) is 6.91. The molecule has 0 radical (unpaired) electrons. The lowest BCUT2D eigenvalue weighted by atomic mass is 10.0. The summed E-state index contributed by atoms with van der Waals surface area (Å²) >= 11 is 0. The van der Waals surface area contributed by atoms with E-state index in [2.05, 4.69) is 5.32 Å². The molecule has 226 valence electrons. The van der Waals surface area contributed by atoms with E-state index in [9.17, 15) is 22.4 Å². The van der Waals surface area contributed by atoms with Crippen LogP contribution in [0.4, 0.5) is 10.1 Å². The van der Waals surface area contributed by atoms with Crippen LogP contribution in [0.2, 0.25) is 0 Å². The molecule has 1 N–H and O–H groups in total. The Hall–Kier alpha value is -3.92. The van der Waals surface area contributed by atoms with Gasteiger partial charge in [-0.05, 0) is 36.6 Å². The number of hydrogen-bond acceptors (Lipinski definition) is 5. The maximum atomic E-state index is 14.8. The van der Waals surface area contributed by atoms with Gasteiger partial charge in [-0.3, -0.25) is 13.9 Å². The number of nitrogens with zero attached hydrogens (tertiary/aromatic N) is 2. The number of unbranched alkanes of at least 4 members (excludes halogenated alkanes) is 1. The van der Waals surface area contributed by atoms with Gasteiger partial charge in [0.15, 0.2) is 0 Å². The van der Waals surface area contributed by atoms with Crippen LogP contribution in [0.25, 0.3) is 0 Å². The van der Waals surface area contributed by atoms with Crippen molar-refractivity contribution in [3.05, 3.63) is 95.8 Å².